The topological polar surface area (TPSA) is 137 Å². The second kappa shape index (κ2) is 4.92. The minimum absolute atomic E-state index is 0.0186. The maximum absolute atomic E-state index is 11.0. The zero-order valence-corrected chi connectivity index (χ0v) is 12.4. The third-order valence-electron chi connectivity index (χ3n) is 3.91. The van der Waals surface area contributed by atoms with Gasteiger partial charge < -0.3 is 16.5 Å². The van der Waals surface area contributed by atoms with E-state index in [1.54, 1.807) is 18.3 Å². The summed E-state index contributed by atoms with van der Waals surface area (Å²) >= 11 is 0. The third-order valence-corrected chi connectivity index (χ3v) is 3.91. The normalized spacial score (nSPS) is 11.2. The minimum Gasteiger partial charge on any atom is -0.383 e. The van der Waals surface area contributed by atoms with Gasteiger partial charge in [0.15, 0.2) is 5.95 Å². The molecule has 0 saturated carbocycles. The molecule has 0 bridgehead atoms. The number of nitrogens with one attached hydrogen (secondary N) is 1. The Balaban J connectivity index is 2.10. The van der Waals surface area contributed by atoms with E-state index < -0.39 is 4.92 Å². The molecular weight excluding hydrogens is 308 g/mol. The fourth-order valence-electron chi connectivity index (χ4n) is 2.91. The van der Waals surface area contributed by atoms with Crippen molar-refractivity contribution in [3.63, 3.8) is 0 Å². The summed E-state index contributed by atoms with van der Waals surface area (Å²) in [5.74, 6) is 0.508. The smallest absolute Gasteiger partial charge is 0.270 e. The molecule has 118 valence electrons. The van der Waals surface area contributed by atoms with Crippen molar-refractivity contribution >= 4 is 39.3 Å². The molecule has 5 N–H and O–H groups in total. The lowest BCUT2D eigenvalue weighted by molar-refractivity contribution is -0.384. The molecule has 0 fully saturated rings. The van der Waals surface area contributed by atoms with Crippen LogP contribution in [0.5, 0.6) is 0 Å². The molecule has 2 aromatic carbocycles. The number of non-ortho nitro benzene ring substituents is 1. The average Bonchev–Trinajstić information content (AvgIpc) is 3.02. The molecule has 0 unspecified atom stereocenters. The molecule has 2 aromatic heterocycles. The number of nitrogens with zero attached hydrogens (tertiary/aromatic N) is 3. The van der Waals surface area contributed by atoms with Gasteiger partial charge in [0.1, 0.15) is 5.82 Å². The number of aromatic amines is 1. The largest absolute Gasteiger partial charge is 0.383 e. The Labute approximate surface area is 135 Å². The SMILES string of the molecule is Nc1nc(N)c2c(cc(-c3cccc([N+](=O)[O-])c3)c3nccc32)[nH]1. The third kappa shape index (κ3) is 2.01. The number of nitro groups is 1. The number of hydrogen-bond donors (Lipinski definition) is 3. The molecule has 8 nitrogen and oxygen atoms in total. The van der Waals surface area contributed by atoms with Crippen LogP contribution in [0.3, 0.4) is 0 Å². The Kier molecular flexibility index (Phi) is 2.86. The van der Waals surface area contributed by atoms with Gasteiger partial charge in [-0.2, -0.15) is 4.98 Å². The summed E-state index contributed by atoms with van der Waals surface area (Å²) in [4.78, 5) is 22.0. The highest BCUT2D eigenvalue weighted by Gasteiger charge is 2.15. The molecule has 24 heavy (non-hydrogen) atoms. The van der Waals surface area contributed by atoms with E-state index >= 15 is 0 Å². The monoisotopic (exact) mass is 320 g/mol. The van der Waals surface area contributed by atoms with Crippen molar-refractivity contribution in [2.45, 2.75) is 0 Å². The van der Waals surface area contributed by atoms with Crippen LogP contribution in [0.4, 0.5) is 17.5 Å². The first kappa shape index (κ1) is 13.9. The molecule has 0 atom stereocenters. The van der Waals surface area contributed by atoms with E-state index in [4.69, 9.17) is 11.5 Å². The van der Waals surface area contributed by atoms with E-state index in [1.807, 2.05) is 12.1 Å². The van der Waals surface area contributed by atoms with Gasteiger partial charge in [-0.15, -0.1) is 0 Å². The summed E-state index contributed by atoms with van der Waals surface area (Å²) < 4.78 is 0. The highest BCUT2D eigenvalue weighted by atomic mass is 16.6. The van der Waals surface area contributed by atoms with Gasteiger partial charge in [-0.1, -0.05) is 12.1 Å². The van der Waals surface area contributed by atoms with Gasteiger partial charge in [0.25, 0.3) is 5.69 Å². The van der Waals surface area contributed by atoms with E-state index in [1.165, 1.54) is 12.1 Å². The van der Waals surface area contributed by atoms with Crippen LogP contribution in [0.25, 0.3) is 32.9 Å². The number of aromatic nitrogens is 3. The van der Waals surface area contributed by atoms with Crippen LogP contribution >= 0.6 is 0 Å². The van der Waals surface area contributed by atoms with Crippen LogP contribution < -0.4 is 11.5 Å². The van der Waals surface area contributed by atoms with Gasteiger partial charge in [-0.3, -0.25) is 15.1 Å². The van der Waals surface area contributed by atoms with Crippen LogP contribution in [-0.2, 0) is 0 Å². The van der Waals surface area contributed by atoms with Crippen LogP contribution in [0.2, 0.25) is 0 Å². The van der Waals surface area contributed by atoms with Gasteiger partial charge in [-0.25, -0.2) is 0 Å². The lowest BCUT2D eigenvalue weighted by atomic mass is 9.99. The highest BCUT2D eigenvalue weighted by molar-refractivity contribution is 6.15. The van der Waals surface area contributed by atoms with Crippen LogP contribution in [0.1, 0.15) is 0 Å². The molecule has 0 saturated heterocycles. The zero-order valence-electron chi connectivity index (χ0n) is 12.4. The average molecular weight is 320 g/mol. The first-order valence-corrected chi connectivity index (χ1v) is 7.12. The van der Waals surface area contributed by atoms with Crippen molar-refractivity contribution in [3.05, 3.63) is 52.7 Å². The Morgan fingerprint density at radius 3 is 2.79 bits per heavy atom. The summed E-state index contributed by atoms with van der Waals surface area (Å²) in [5.41, 5.74) is 14.6. The van der Waals surface area contributed by atoms with Crippen molar-refractivity contribution in [1.82, 2.24) is 15.0 Å². The van der Waals surface area contributed by atoms with E-state index in [0.717, 1.165) is 16.3 Å². The molecule has 0 amide bonds. The Morgan fingerprint density at radius 1 is 1.17 bits per heavy atom. The molecule has 0 aliphatic rings. The van der Waals surface area contributed by atoms with Crippen LogP contribution in [0, 0.1) is 10.1 Å². The quantitative estimate of drug-likeness (QED) is 0.383. The molecule has 0 aliphatic carbocycles. The summed E-state index contributed by atoms with van der Waals surface area (Å²) in [7, 11) is 0. The van der Waals surface area contributed by atoms with E-state index in [2.05, 4.69) is 15.0 Å². The predicted octanol–water partition coefficient (Wildman–Crippen LogP) is 2.85. The van der Waals surface area contributed by atoms with Crippen molar-refractivity contribution < 1.29 is 4.92 Å². The molecule has 8 heteroatoms. The van der Waals surface area contributed by atoms with E-state index in [9.17, 15) is 10.1 Å². The fraction of sp³-hybridized carbons (Fsp3) is 0. The Morgan fingerprint density at radius 2 is 2.00 bits per heavy atom. The zero-order chi connectivity index (χ0) is 16.8. The molecule has 4 rings (SSSR count). The fourth-order valence-corrected chi connectivity index (χ4v) is 2.91. The molecule has 0 aliphatic heterocycles. The number of nitrogens with two attached hydrogens (primary N) is 2. The van der Waals surface area contributed by atoms with Crippen LogP contribution in [0.15, 0.2) is 42.6 Å². The summed E-state index contributed by atoms with van der Waals surface area (Å²) in [6.45, 7) is 0. The minimum atomic E-state index is -0.424. The summed E-state index contributed by atoms with van der Waals surface area (Å²) in [5, 5.41) is 12.6. The second-order valence-corrected chi connectivity index (χ2v) is 5.37. The maximum Gasteiger partial charge on any atom is 0.270 e. The number of nitro benzene ring substituents is 1. The van der Waals surface area contributed by atoms with Crippen molar-refractivity contribution in [3.8, 4) is 11.1 Å². The van der Waals surface area contributed by atoms with Crippen molar-refractivity contribution in [2.24, 2.45) is 0 Å². The second-order valence-electron chi connectivity index (χ2n) is 5.37. The first-order chi connectivity index (χ1) is 11.5. The van der Waals surface area contributed by atoms with Crippen molar-refractivity contribution in [2.75, 3.05) is 11.5 Å². The predicted molar refractivity (Wildman–Crippen MR) is 92.3 cm³/mol. The van der Waals surface area contributed by atoms with Gasteiger partial charge in [0, 0.05) is 34.7 Å². The lowest BCUT2D eigenvalue weighted by Crippen LogP contribution is -2.01. The molecule has 0 spiro atoms. The summed E-state index contributed by atoms with van der Waals surface area (Å²) in [6, 6.07) is 10.1. The Hall–Kier alpha value is -3.68. The number of nitrogen functional groups attached to an aromatic ring is 2. The number of fused-ring (bicyclic) bond motifs is 3. The number of H-pyrrole nitrogens is 1. The van der Waals surface area contributed by atoms with E-state index in [0.29, 0.717) is 22.4 Å². The molecule has 2 heterocycles. The highest BCUT2D eigenvalue weighted by Crippen LogP contribution is 2.36. The van der Waals surface area contributed by atoms with Crippen molar-refractivity contribution in [1.29, 1.82) is 0 Å². The number of benzene rings is 2. The van der Waals surface area contributed by atoms with Gasteiger partial charge in [-0.05, 0) is 17.7 Å². The number of rotatable bonds is 2. The van der Waals surface area contributed by atoms with Gasteiger partial charge in [0.2, 0.25) is 0 Å². The molecule has 4 aromatic rings. The standard InChI is InChI=1S/C16H12N6O2/c17-15-13-10-4-5-19-14(10)11(7-12(13)20-16(18)21-15)8-2-1-3-9(6-8)22(23)24/h1-7H,17H2,(H3,18,20,21). The van der Waals surface area contributed by atoms with Gasteiger partial charge >= 0.3 is 0 Å². The molecular formula is C16H12N6O2. The number of anilines is 2. The maximum atomic E-state index is 11.0. The lowest BCUT2D eigenvalue weighted by Gasteiger charge is -2.09. The first-order valence-electron chi connectivity index (χ1n) is 7.12. The van der Waals surface area contributed by atoms with E-state index in [-0.39, 0.29) is 11.6 Å². The summed E-state index contributed by atoms with van der Waals surface area (Å²) in [6.07, 6.45) is 1.67. The van der Waals surface area contributed by atoms with Gasteiger partial charge in [0.05, 0.1) is 16.0 Å². The molecule has 0 radical (unpaired) electrons. The number of hydrogen-bond acceptors (Lipinski definition) is 6. The Bertz CT molecular complexity index is 1120. The van der Waals surface area contributed by atoms with Crippen LogP contribution in [-0.4, -0.2) is 19.9 Å².